The molecule has 32 heavy (non-hydrogen) atoms. The number of nitrogens with zero attached hydrogens (tertiary/aromatic N) is 4. The van der Waals surface area contributed by atoms with Crippen molar-refractivity contribution in [2.75, 3.05) is 5.32 Å². The third-order valence-corrected chi connectivity index (χ3v) is 6.16. The molecule has 5 aromatic rings. The van der Waals surface area contributed by atoms with Gasteiger partial charge in [-0.05, 0) is 55.3 Å². The van der Waals surface area contributed by atoms with Crippen LogP contribution in [-0.4, -0.2) is 30.7 Å². The molecule has 6 rings (SSSR count). The number of aromatic nitrogens is 4. The van der Waals surface area contributed by atoms with E-state index in [1.54, 1.807) is 24.6 Å². The topological polar surface area (TPSA) is 89.0 Å². The van der Waals surface area contributed by atoms with Gasteiger partial charge < -0.3 is 14.8 Å². The van der Waals surface area contributed by atoms with Crippen molar-refractivity contribution >= 4 is 28.0 Å². The van der Waals surface area contributed by atoms with E-state index in [-0.39, 0.29) is 5.75 Å². The number of phenolic OH excluding ortho intramolecular Hbond substituents is 1. The monoisotopic (exact) mass is 425 g/mol. The van der Waals surface area contributed by atoms with Crippen molar-refractivity contribution in [1.29, 1.82) is 0 Å². The van der Waals surface area contributed by atoms with E-state index in [0.29, 0.717) is 17.8 Å². The molecule has 1 aliphatic rings. The Bertz CT molecular complexity index is 1410. The zero-order valence-corrected chi connectivity index (χ0v) is 17.5. The third kappa shape index (κ3) is 3.36. The van der Waals surface area contributed by atoms with E-state index in [0.717, 1.165) is 46.2 Å². The van der Waals surface area contributed by atoms with Crippen LogP contribution >= 0.6 is 0 Å². The standard InChI is InChI=1S/C25H23N5O2/c31-19-7-8-20-21(15-19)30(24(28-20)17-6-9-22-16(14-17)11-13-32-22)23-10-12-26-25(29-23)27-18-4-2-1-3-5-18/h6-15,18,31H,1-5H2,(H,26,27,29). The number of phenols is 1. The van der Waals surface area contributed by atoms with Crippen molar-refractivity contribution in [2.45, 2.75) is 38.1 Å². The van der Waals surface area contributed by atoms with Gasteiger partial charge in [-0.3, -0.25) is 4.57 Å². The lowest BCUT2D eigenvalue weighted by molar-refractivity contribution is 0.461. The van der Waals surface area contributed by atoms with Crippen LogP contribution in [0.2, 0.25) is 0 Å². The summed E-state index contributed by atoms with van der Waals surface area (Å²) in [5, 5.41) is 14.7. The summed E-state index contributed by atoms with van der Waals surface area (Å²) in [6.45, 7) is 0. The van der Waals surface area contributed by atoms with Crippen LogP contribution in [0.4, 0.5) is 5.95 Å². The van der Waals surface area contributed by atoms with E-state index < -0.39 is 0 Å². The first-order chi connectivity index (χ1) is 15.7. The van der Waals surface area contributed by atoms with Crippen LogP contribution in [0, 0.1) is 0 Å². The second kappa shape index (κ2) is 7.67. The summed E-state index contributed by atoms with van der Waals surface area (Å²) < 4.78 is 7.47. The van der Waals surface area contributed by atoms with Crippen LogP contribution in [0.5, 0.6) is 5.75 Å². The molecule has 3 aromatic heterocycles. The fourth-order valence-electron chi connectivity index (χ4n) is 4.57. The number of hydrogen-bond acceptors (Lipinski definition) is 6. The Hall–Kier alpha value is -3.87. The summed E-state index contributed by atoms with van der Waals surface area (Å²) in [6, 6.07) is 15.4. The number of furan rings is 1. The molecule has 3 heterocycles. The molecule has 1 saturated carbocycles. The Kier molecular flexibility index (Phi) is 4.52. The van der Waals surface area contributed by atoms with Gasteiger partial charge in [0.2, 0.25) is 5.95 Å². The van der Waals surface area contributed by atoms with Crippen molar-refractivity contribution in [3.8, 4) is 23.0 Å². The molecule has 0 aliphatic heterocycles. The second-order valence-electron chi connectivity index (χ2n) is 8.33. The number of nitrogens with one attached hydrogen (secondary N) is 1. The smallest absolute Gasteiger partial charge is 0.224 e. The molecular formula is C25H23N5O2. The fraction of sp³-hybridized carbons (Fsp3) is 0.240. The first-order valence-corrected chi connectivity index (χ1v) is 11.0. The normalized spacial score (nSPS) is 14.9. The summed E-state index contributed by atoms with van der Waals surface area (Å²) in [5.74, 6) is 2.25. The average Bonchev–Trinajstić information content (AvgIpc) is 3.43. The molecule has 0 radical (unpaired) electrons. The van der Waals surface area contributed by atoms with E-state index in [1.165, 1.54) is 19.3 Å². The molecule has 0 amide bonds. The maximum absolute atomic E-state index is 10.2. The van der Waals surface area contributed by atoms with Crippen LogP contribution in [0.1, 0.15) is 32.1 Å². The van der Waals surface area contributed by atoms with Gasteiger partial charge in [0.05, 0.1) is 17.3 Å². The fourth-order valence-corrected chi connectivity index (χ4v) is 4.57. The minimum Gasteiger partial charge on any atom is -0.508 e. The lowest BCUT2D eigenvalue weighted by atomic mass is 9.96. The zero-order chi connectivity index (χ0) is 21.5. The highest BCUT2D eigenvalue weighted by molar-refractivity contribution is 5.87. The SMILES string of the molecule is Oc1ccc2nc(-c3ccc4occc4c3)n(-c3ccnc(NC4CCCCC4)n3)c2c1. The molecule has 0 atom stereocenters. The molecule has 2 N–H and O–H groups in total. The van der Waals surface area contributed by atoms with Gasteiger partial charge in [0.25, 0.3) is 0 Å². The molecule has 2 aromatic carbocycles. The van der Waals surface area contributed by atoms with Crippen LogP contribution in [0.25, 0.3) is 39.2 Å². The van der Waals surface area contributed by atoms with Crippen molar-refractivity contribution in [2.24, 2.45) is 0 Å². The lowest BCUT2D eigenvalue weighted by Gasteiger charge is -2.22. The van der Waals surface area contributed by atoms with Gasteiger partial charge in [-0.25, -0.2) is 9.97 Å². The molecule has 160 valence electrons. The highest BCUT2D eigenvalue weighted by Gasteiger charge is 2.18. The third-order valence-electron chi connectivity index (χ3n) is 6.16. The van der Waals surface area contributed by atoms with E-state index in [9.17, 15) is 5.11 Å². The molecule has 7 nitrogen and oxygen atoms in total. The number of fused-ring (bicyclic) bond motifs is 2. The predicted octanol–water partition coefficient (Wildman–Crippen LogP) is 5.68. The summed E-state index contributed by atoms with van der Waals surface area (Å²) in [5.41, 5.74) is 3.34. The van der Waals surface area contributed by atoms with Gasteiger partial charge in [-0.1, -0.05) is 19.3 Å². The zero-order valence-electron chi connectivity index (χ0n) is 17.5. The average molecular weight is 425 g/mol. The molecule has 0 bridgehead atoms. The first kappa shape index (κ1) is 18.9. The quantitative estimate of drug-likeness (QED) is 0.385. The lowest BCUT2D eigenvalue weighted by Crippen LogP contribution is -2.23. The molecule has 1 aliphatic carbocycles. The number of hydrogen-bond donors (Lipinski definition) is 2. The van der Waals surface area contributed by atoms with Crippen molar-refractivity contribution < 1.29 is 9.52 Å². The van der Waals surface area contributed by atoms with Gasteiger partial charge in [0.15, 0.2) is 0 Å². The van der Waals surface area contributed by atoms with Crippen molar-refractivity contribution in [3.63, 3.8) is 0 Å². The van der Waals surface area contributed by atoms with E-state index in [2.05, 4.69) is 16.4 Å². The summed E-state index contributed by atoms with van der Waals surface area (Å²) in [6.07, 6.45) is 9.52. The van der Waals surface area contributed by atoms with Crippen LogP contribution in [0.15, 0.2) is 65.4 Å². The van der Waals surface area contributed by atoms with E-state index in [4.69, 9.17) is 14.4 Å². The summed E-state index contributed by atoms with van der Waals surface area (Å²) in [4.78, 5) is 14.2. The van der Waals surface area contributed by atoms with Gasteiger partial charge >= 0.3 is 0 Å². The highest BCUT2D eigenvalue weighted by Crippen LogP contribution is 2.32. The van der Waals surface area contributed by atoms with Gasteiger partial charge in [-0.2, -0.15) is 4.98 Å². The Labute approximate surface area is 184 Å². The second-order valence-corrected chi connectivity index (χ2v) is 8.33. The van der Waals surface area contributed by atoms with E-state index in [1.807, 2.05) is 34.9 Å². The van der Waals surface area contributed by atoms with Crippen molar-refractivity contribution in [3.05, 3.63) is 61.0 Å². The number of aromatic hydroxyl groups is 1. The maximum Gasteiger partial charge on any atom is 0.224 e. The highest BCUT2D eigenvalue weighted by atomic mass is 16.3. The van der Waals surface area contributed by atoms with Gasteiger partial charge in [0, 0.05) is 29.3 Å². The van der Waals surface area contributed by atoms with Crippen LogP contribution in [-0.2, 0) is 0 Å². The largest absolute Gasteiger partial charge is 0.508 e. The number of rotatable bonds is 4. The van der Waals surface area contributed by atoms with Crippen LogP contribution < -0.4 is 5.32 Å². The Balaban J connectivity index is 1.49. The maximum atomic E-state index is 10.2. The molecule has 0 unspecified atom stereocenters. The Morgan fingerprint density at radius 3 is 2.78 bits per heavy atom. The molecule has 0 saturated heterocycles. The molecule has 0 spiro atoms. The Morgan fingerprint density at radius 1 is 0.969 bits per heavy atom. The minimum atomic E-state index is 0.185. The number of imidazole rings is 1. The predicted molar refractivity (Wildman–Crippen MR) is 124 cm³/mol. The number of anilines is 1. The molecule has 7 heteroatoms. The van der Waals surface area contributed by atoms with Gasteiger partial charge in [0.1, 0.15) is 23.0 Å². The number of benzene rings is 2. The van der Waals surface area contributed by atoms with Gasteiger partial charge in [-0.15, -0.1) is 0 Å². The summed E-state index contributed by atoms with van der Waals surface area (Å²) in [7, 11) is 0. The molecule has 1 fully saturated rings. The van der Waals surface area contributed by atoms with Crippen molar-refractivity contribution in [1.82, 2.24) is 19.5 Å². The van der Waals surface area contributed by atoms with Crippen LogP contribution in [0.3, 0.4) is 0 Å². The molecular weight excluding hydrogens is 402 g/mol. The minimum absolute atomic E-state index is 0.185. The summed E-state index contributed by atoms with van der Waals surface area (Å²) >= 11 is 0. The first-order valence-electron chi connectivity index (χ1n) is 11.0. The Morgan fingerprint density at radius 2 is 1.88 bits per heavy atom. The van der Waals surface area contributed by atoms with E-state index >= 15 is 0 Å².